The van der Waals surface area contributed by atoms with Crippen molar-refractivity contribution in [3.63, 3.8) is 0 Å². The number of carbonyl (C=O) groups excluding carboxylic acids is 1. The molecule has 3 heterocycles. The first kappa shape index (κ1) is 18.4. The number of pyridine rings is 1. The minimum atomic E-state index is -0.327. The molecule has 1 aromatic carbocycles. The number of rotatable bonds is 4. The van der Waals surface area contributed by atoms with Crippen LogP contribution in [-0.4, -0.2) is 39.8 Å². The van der Waals surface area contributed by atoms with Gasteiger partial charge in [0.2, 0.25) is 5.95 Å². The summed E-state index contributed by atoms with van der Waals surface area (Å²) in [4.78, 5) is 21.9. The van der Waals surface area contributed by atoms with Crippen molar-refractivity contribution in [2.45, 2.75) is 24.8 Å². The summed E-state index contributed by atoms with van der Waals surface area (Å²) >= 11 is 0. The number of aromatic nitrogens is 4. The van der Waals surface area contributed by atoms with Gasteiger partial charge in [-0.1, -0.05) is 12.1 Å². The lowest BCUT2D eigenvalue weighted by Gasteiger charge is -2.35. The molecule has 0 spiro atoms. The van der Waals surface area contributed by atoms with Crippen LogP contribution in [-0.2, 0) is 4.79 Å². The third kappa shape index (κ3) is 2.92. The average molecular weight is 403 g/mol. The van der Waals surface area contributed by atoms with Crippen LogP contribution in [0.1, 0.15) is 35.9 Å². The Morgan fingerprint density at radius 1 is 1.10 bits per heavy atom. The summed E-state index contributed by atoms with van der Waals surface area (Å²) in [6.07, 6.45) is 6.11. The van der Waals surface area contributed by atoms with E-state index in [4.69, 9.17) is 9.47 Å². The number of anilines is 1. The molecular weight excluding hydrogens is 382 g/mol. The van der Waals surface area contributed by atoms with Gasteiger partial charge in [0, 0.05) is 30.1 Å². The van der Waals surface area contributed by atoms with Gasteiger partial charge in [0.1, 0.15) is 12.4 Å². The zero-order valence-corrected chi connectivity index (χ0v) is 16.7. The number of methoxy groups -OCH3 is 2. The first-order chi connectivity index (χ1) is 14.7. The standard InChI is InChI=1S/C22H21N5O3/c1-29-18-6-5-13(10-19(18)30-2)15-8-16-20(17(28)9-15)21(14-4-3-7-23-11-14)27-22(26-16)24-12-25-27/h3-7,10-12,15,21H,8-9H2,1-2H3,(H,24,25,26)/t15-,21-/m0/s1. The third-order valence-electron chi connectivity index (χ3n) is 5.74. The largest absolute Gasteiger partial charge is 0.493 e. The second-order valence-electron chi connectivity index (χ2n) is 7.38. The van der Waals surface area contributed by atoms with Gasteiger partial charge in [-0.05, 0) is 41.7 Å². The number of hydrogen-bond acceptors (Lipinski definition) is 7. The van der Waals surface area contributed by atoms with Crippen LogP contribution in [0.5, 0.6) is 11.5 Å². The van der Waals surface area contributed by atoms with E-state index in [0.29, 0.717) is 30.3 Å². The quantitative estimate of drug-likeness (QED) is 0.716. The molecule has 8 nitrogen and oxygen atoms in total. The molecule has 0 bridgehead atoms. The highest BCUT2D eigenvalue weighted by Gasteiger charge is 2.39. The lowest BCUT2D eigenvalue weighted by atomic mass is 9.78. The van der Waals surface area contributed by atoms with Crippen molar-refractivity contribution in [1.29, 1.82) is 0 Å². The van der Waals surface area contributed by atoms with E-state index in [0.717, 1.165) is 22.4 Å². The summed E-state index contributed by atoms with van der Waals surface area (Å²) in [5.41, 5.74) is 3.58. The summed E-state index contributed by atoms with van der Waals surface area (Å²) in [6, 6.07) is 9.33. The topological polar surface area (TPSA) is 91.2 Å². The van der Waals surface area contributed by atoms with E-state index in [9.17, 15) is 4.79 Å². The van der Waals surface area contributed by atoms with Gasteiger partial charge < -0.3 is 14.8 Å². The average Bonchev–Trinajstić information content (AvgIpc) is 3.25. The normalized spacial score (nSPS) is 20.3. The number of ether oxygens (including phenoxy) is 2. The Morgan fingerprint density at radius 3 is 2.73 bits per heavy atom. The van der Waals surface area contributed by atoms with E-state index in [1.54, 1.807) is 31.3 Å². The van der Waals surface area contributed by atoms with Gasteiger partial charge in [0.15, 0.2) is 17.3 Å². The number of nitrogens with zero attached hydrogens (tertiary/aromatic N) is 4. The maximum atomic E-state index is 13.4. The highest BCUT2D eigenvalue weighted by Crippen LogP contribution is 2.44. The first-order valence-corrected chi connectivity index (χ1v) is 9.74. The molecule has 2 aromatic heterocycles. The summed E-state index contributed by atoms with van der Waals surface area (Å²) in [7, 11) is 3.22. The molecule has 0 unspecified atom stereocenters. The highest BCUT2D eigenvalue weighted by atomic mass is 16.5. The molecule has 8 heteroatoms. The summed E-state index contributed by atoms with van der Waals surface area (Å²) in [6.45, 7) is 0. The van der Waals surface area contributed by atoms with E-state index < -0.39 is 0 Å². The zero-order chi connectivity index (χ0) is 20.7. The fourth-order valence-corrected chi connectivity index (χ4v) is 4.34. The molecule has 0 radical (unpaired) electrons. The smallest absolute Gasteiger partial charge is 0.226 e. The van der Waals surface area contributed by atoms with Crippen LogP contribution in [0.15, 0.2) is 60.3 Å². The van der Waals surface area contributed by atoms with Crippen molar-refractivity contribution in [2.75, 3.05) is 19.5 Å². The fourth-order valence-electron chi connectivity index (χ4n) is 4.34. The van der Waals surface area contributed by atoms with Crippen molar-refractivity contribution in [3.8, 4) is 11.5 Å². The van der Waals surface area contributed by atoms with Gasteiger partial charge >= 0.3 is 0 Å². The van der Waals surface area contributed by atoms with Crippen LogP contribution in [0.25, 0.3) is 0 Å². The SMILES string of the molecule is COc1ccc([C@@H]2CC(=O)C3=C(C2)Nc2ncnn2[C@H]3c2cccnc2)cc1OC. The van der Waals surface area contributed by atoms with Crippen LogP contribution < -0.4 is 14.8 Å². The predicted octanol–water partition coefficient (Wildman–Crippen LogP) is 3.11. The highest BCUT2D eigenvalue weighted by molar-refractivity contribution is 6.00. The molecular formula is C22H21N5O3. The molecule has 1 aliphatic carbocycles. The molecule has 1 N–H and O–H groups in total. The molecule has 2 aliphatic rings. The third-order valence-corrected chi connectivity index (χ3v) is 5.74. The molecule has 0 fully saturated rings. The van der Waals surface area contributed by atoms with Crippen molar-refractivity contribution in [1.82, 2.24) is 19.7 Å². The van der Waals surface area contributed by atoms with E-state index in [-0.39, 0.29) is 17.7 Å². The van der Waals surface area contributed by atoms with Crippen LogP contribution in [0.4, 0.5) is 5.95 Å². The Bertz CT molecular complexity index is 1140. The lowest BCUT2D eigenvalue weighted by molar-refractivity contribution is -0.116. The Morgan fingerprint density at radius 2 is 1.97 bits per heavy atom. The Kier molecular flexibility index (Phi) is 4.46. The summed E-state index contributed by atoms with van der Waals surface area (Å²) in [5.74, 6) is 2.09. The number of allylic oxidation sites excluding steroid dienone is 2. The molecule has 0 saturated carbocycles. The molecule has 3 aromatic rings. The van der Waals surface area contributed by atoms with E-state index >= 15 is 0 Å². The van der Waals surface area contributed by atoms with Crippen LogP contribution in [0.2, 0.25) is 0 Å². The Balaban J connectivity index is 1.55. The molecule has 2 atom stereocenters. The monoisotopic (exact) mass is 403 g/mol. The Hall–Kier alpha value is -3.68. The number of benzene rings is 1. The van der Waals surface area contributed by atoms with E-state index in [1.165, 1.54) is 6.33 Å². The fraction of sp³-hybridized carbons (Fsp3) is 0.273. The van der Waals surface area contributed by atoms with Gasteiger partial charge in [0.05, 0.1) is 14.2 Å². The molecule has 5 rings (SSSR count). The van der Waals surface area contributed by atoms with Gasteiger partial charge in [0.25, 0.3) is 0 Å². The number of nitrogens with one attached hydrogen (secondary N) is 1. The molecule has 152 valence electrons. The number of hydrogen-bond donors (Lipinski definition) is 1. The van der Waals surface area contributed by atoms with Gasteiger partial charge in [-0.2, -0.15) is 10.1 Å². The first-order valence-electron chi connectivity index (χ1n) is 9.74. The van der Waals surface area contributed by atoms with Crippen molar-refractivity contribution >= 4 is 11.7 Å². The van der Waals surface area contributed by atoms with Crippen molar-refractivity contribution in [2.24, 2.45) is 0 Å². The predicted molar refractivity (Wildman–Crippen MR) is 110 cm³/mol. The second-order valence-corrected chi connectivity index (χ2v) is 7.38. The van der Waals surface area contributed by atoms with Gasteiger partial charge in [-0.25, -0.2) is 4.68 Å². The van der Waals surface area contributed by atoms with Gasteiger partial charge in [-0.15, -0.1) is 0 Å². The van der Waals surface area contributed by atoms with E-state index in [1.807, 2.05) is 30.3 Å². The number of ketones is 1. The maximum absolute atomic E-state index is 13.4. The molecule has 0 amide bonds. The second kappa shape index (κ2) is 7.29. The van der Waals surface area contributed by atoms with Crippen molar-refractivity contribution in [3.05, 3.63) is 71.4 Å². The van der Waals surface area contributed by atoms with Gasteiger partial charge in [-0.3, -0.25) is 9.78 Å². The van der Waals surface area contributed by atoms with Crippen LogP contribution >= 0.6 is 0 Å². The maximum Gasteiger partial charge on any atom is 0.226 e. The lowest BCUT2D eigenvalue weighted by Crippen LogP contribution is -2.33. The summed E-state index contributed by atoms with van der Waals surface area (Å²) in [5, 5.41) is 7.69. The number of fused-ring (bicyclic) bond motifs is 1. The molecule has 0 saturated heterocycles. The summed E-state index contributed by atoms with van der Waals surface area (Å²) < 4.78 is 12.5. The zero-order valence-electron chi connectivity index (χ0n) is 16.7. The Labute approximate surface area is 173 Å². The molecule has 1 aliphatic heterocycles. The minimum absolute atomic E-state index is 0.0348. The van der Waals surface area contributed by atoms with Crippen molar-refractivity contribution < 1.29 is 14.3 Å². The van der Waals surface area contributed by atoms with Crippen LogP contribution in [0.3, 0.4) is 0 Å². The number of carbonyl (C=O) groups is 1. The van der Waals surface area contributed by atoms with E-state index in [2.05, 4.69) is 20.4 Å². The minimum Gasteiger partial charge on any atom is -0.493 e. The number of Topliss-reactive ketones (excluding diaryl/α,β-unsaturated/α-hetero) is 1. The van der Waals surface area contributed by atoms with Crippen LogP contribution in [0, 0.1) is 0 Å². The molecule has 30 heavy (non-hydrogen) atoms.